The second kappa shape index (κ2) is 9.34. The van der Waals surface area contributed by atoms with Crippen LogP contribution in [0.4, 0.5) is 0 Å². The van der Waals surface area contributed by atoms with Gasteiger partial charge in [-0.25, -0.2) is 4.68 Å². The van der Waals surface area contributed by atoms with Gasteiger partial charge in [-0.1, -0.05) is 11.3 Å². The number of aromatic nitrogens is 3. The lowest BCUT2D eigenvalue weighted by Crippen LogP contribution is -2.37. The van der Waals surface area contributed by atoms with Crippen molar-refractivity contribution >= 4 is 11.8 Å². The zero-order valence-corrected chi connectivity index (χ0v) is 15.3. The molecule has 2 amide bonds. The molecule has 2 rings (SSSR count). The molecule has 1 saturated carbocycles. The summed E-state index contributed by atoms with van der Waals surface area (Å²) in [6, 6.07) is 0.473. The molecular weight excluding hydrogens is 318 g/mol. The first-order valence-electron chi connectivity index (χ1n) is 9.20. The zero-order chi connectivity index (χ0) is 18.2. The van der Waals surface area contributed by atoms with Gasteiger partial charge in [0.05, 0.1) is 12.2 Å². The van der Waals surface area contributed by atoms with Crippen molar-refractivity contribution < 1.29 is 9.59 Å². The minimum Gasteiger partial charge on any atom is -0.353 e. The predicted octanol–water partition coefficient (Wildman–Crippen LogP) is 2.33. The van der Waals surface area contributed by atoms with Gasteiger partial charge in [0.2, 0.25) is 5.91 Å². The molecule has 1 fully saturated rings. The summed E-state index contributed by atoms with van der Waals surface area (Å²) in [5.74, 6) is 0.0237. The van der Waals surface area contributed by atoms with E-state index in [1.165, 1.54) is 0 Å². The second-order valence-corrected chi connectivity index (χ2v) is 6.46. The van der Waals surface area contributed by atoms with Gasteiger partial charge in [-0.05, 0) is 46.0 Å². The van der Waals surface area contributed by atoms with Gasteiger partial charge in [-0.2, -0.15) is 0 Å². The normalized spacial score (nSPS) is 20.1. The second-order valence-electron chi connectivity index (χ2n) is 6.46. The first-order chi connectivity index (χ1) is 12.1. The van der Waals surface area contributed by atoms with Crippen LogP contribution < -0.4 is 5.32 Å². The molecule has 1 aliphatic carbocycles. The third-order valence-electron chi connectivity index (χ3n) is 4.79. The summed E-state index contributed by atoms with van der Waals surface area (Å²) in [7, 11) is 0. The summed E-state index contributed by atoms with van der Waals surface area (Å²) >= 11 is 0. The van der Waals surface area contributed by atoms with Crippen molar-refractivity contribution in [3.05, 3.63) is 24.5 Å². The Morgan fingerprint density at radius 3 is 2.60 bits per heavy atom. The maximum atomic E-state index is 12.3. The molecule has 1 heterocycles. The summed E-state index contributed by atoms with van der Waals surface area (Å²) in [5.41, 5.74) is 0.406. The summed E-state index contributed by atoms with van der Waals surface area (Å²) in [4.78, 5) is 25.9. The SMILES string of the molecule is C=CCCC(=O)NC1CCC(n2cc(C(=O)N(CC)CC)nn2)CC1. The Labute approximate surface area is 149 Å². The first kappa shape index (κ1) is 19.1. The van der Waals surface area contributed by atoms with Crippen molar-refractivity contribution in [3.8, 4) is 0 Å². The molecule has 0 aliphatic heterocycles. The molecule has 1 aromatic heterocycles. The number of amides is 2. The van der Waals surface area contributed by atoms with Gasteiger partial charge in [-0.3, -0.25) is 9.59 Å². The number of rotatable bonds is 8. The Morgan fingerprint density at radius 2 is 2.00 bits per heavy atom. The van der Waals surface area contributed by atoms with Gasteiger partial charge in [-0.15, -0.1) is 11.7 Å². The molecular formula is C18H29N5O2. The van der Waals surface area contributed by atoms with Crippen molar-refractivity contribution in [1.29, 1.82) is 0 Å². The van der Waals surface area contributed by atoms with Crippen LogP contribution in [0.15, 0.2) is 18.9 Å². The predicted molar refractivity (Wildman–Crippen MR) is 96.1 cm³/mol. The number of hydrogen-bond donors (Lipinski definition) is 1. The highest BCUT2D eigenvalue weighted by Gasteiger charge is 2.25. The minimum atomic E-state index is -0.0700. The number of nitrogens with zero attached hydrogens (tertiary/aromatic N) is 4. The maximum Gasteiger partial charge on any atom is 0.276 e. The zero-order valence-electron chi connectivity index (χ0n) is 15.3. The largest absolute Gasteiger partial charge is 0.353 e. The first-order valence-corrected chi connectivity index (χ1v) is 9.20. The van der Waals surface area contributed by atoms with Crippen LogP contribution in [-0.2, 0) is 4.79 Å². The van der Waals surface area contributed by atoms with E-state index in [0.29, 0.717) is 31.6 Å². The number of allylic oxidation sites excluding steroid dienone is 1. The lowest BCUT2D eigenvalue weighted by Gasteiger charge is -2.29. The Morgan fingerprint density at radius 1 is 1.32 bits per heavy atom. The molecule has 1 N–H and O–H groups in total. The molecule has 0 aromatic carbocycles. The number of hydrogen-bond acceptors (Lipinski definition) is 4. The molecule has 138 valence electrons. The third kappa shape index (κ3) is 5.14. The fourth-order valence-electron chi connectivity index (χ4n) is 3.24. The van der Waals surface area contributed by atoms with Crippen LogP contribution in [0, 0.1) is 0 Å². The molecule has 7 nitrogen and oxygen atoms in total. The lowest BCUT2D eigenvalue weighted by atomic mass is 9.91. The van der Waals surface area contributed by atoms with Crippen LogP contribution in [0.25, 0.3) is 0 Å². The van der Waals surface area contributed by atoms with Crippen LogP contribution in [0.5, 0.6) is 0 Å². The van der Waals surface area contributed by atoms with Crippen molar-refractivity contribution in [1.82, 2.24) is 25.2 Å². The number of carbonyl (C=O) groups excluding carboxylic acids is 2. The topological polar surface area (TPSA) is 80.1 Å². The highest BCUT2D eigenvalue weighted by atomic mass is 16.2. The van der Waals surface area contributed by atoms with Gasteiger partial charge in [0.1, 0.15) is 0 Å². The van der Waals surface area contributed by atoms with Crippen LogP contribution in [0.3, 0.4) is 0 Å². The molecule has 25 heavy (non-hydrogen) atoms. The monoisotopic (exact) mass is 347 g/mol. The highest BCUT2D eigenvalue weighted by molar-refractivity contribution is 5.91. The molecule has 1 aliphatic rings. The van der Waals surface area contributed by atoms with E-state index in [-0.39, 0.29) is 23.9 Å². The van der Waals surface area contributed by atoms with Crippen molar-refractivity contribution in [2.75, 3.05) is 13.1 Å². The summed E-state index contributed by atoms with van der Waals surface area (Å²) < 4.78 is 1.81. The van der Waals surface area contributed by atoms with E-state index in [2.05, 4.69) is 22.2 Å². The minimum absolute atomic E-state index is 0.0700. The molecule has 0 radical (unpaired) electrons. The highest BCUT2D eigenvalue weighted by Crippen LogP contribution is 2.28. The van der Waals surface area contributed by atoms with E-state index < -0.39 is 0 Å². The van der Waals surface area contributed by atoms with E-state index in [1.807, 2.05) is 18.5 Å². The van der Waals surface area contributed by atoms with Crippen molar-refractivity contribution in [3.63, 3.8) is 0 Å². The van der Waals surface area contributed by atoms with E-state index >= 15 is 0 Å². The smallest absolute Gasteiger partial charge is 0.276 e. The molecule has 7 heteroatoms. The van der Waals surface area contributed by atoms with Gasteiger partial charge >= 0.3 is 0 Å². The Bertz CT molecular complexity index is 586. The lowest BCUT2D eigenvalue weighted by molar-refractivity contribution is -0.122. The van der Waals surface area contributed by atoms with Gasteiger partial charge in [0, 0.05) is 25.6 Å². The van der Waals surface area contributed by atoms with Crippen LogP contribution in [-0.4, -0.2) is 50.8 Å². The number of nitrogens with one attached hydrogen (secondary N) is 1. The summed E-state index contributed by atoms with van der Waals surface area (Å²) in [6.07, 6.45) is 8.43. The fourth-order valence-corrected chi connectivity index (χ4v) is 3.24. The average Bonchev–Trinajstić information content (AvgIpc) is 3.11. The van der Waals surface area contributed by atoms with Gasteiger partial charge < -0.3 is 10.2 Å². The molecule has 0 bridgehead atoms. The van der Waals surface area contributed by atoms with Crippen LogP contribution in [0.2, 0.25) is 0 Å². The van der Waals surface area contributed by atoms with Gasteiger partial charge in [0.25, 0.3) is 5.91 Å². The van der Waals surface area contributed by atoms with Crippen molar-refractivity contribution in [2.24, 2.45) is 0 Å². The Kier molecular flexibility index (Phi) is 7.16. The third-order valence-corrected chi connectivity index (χ3v) is 4.79. The van der Waals surface area contributed by atoms with Gasteiger partial charge in [0.15, 0.2) is 5.69 Å². The molecule has 1 aromatic rings. The quantitative estimate of drug-likeness (QED) is 0.732. The Balaban J connectivity index is 1.86. The number of carbonyl (C=O) groups is 2. The van der Waals surface area contributed by atoms with E-state index in [0.717, 1.165) is 25.7 Å². The molecule has 0 unspecified atom stereocenters. The van der Waals surface area contributed by atoms with Crippen LogP contribution >= 0.6 is 0 Å². The standard InChI is InChI=1S/C18H29N5O2/c1-4-7-8-17(24)19-14-9-11-15(12-10-14)23-13-16(20-21-23)18(25)22(5-2)6-3/h4,13-15H,1,5-12H2,2-3H3,(H,19,24). The van der Waals surface area contributed by atoms with E-state index in [4.69, 9.17) is 0 Å². The average molecular weight is 347 g/mol. The van der Waals surface area contributed by atoms with Crippen LogP contribution in [0.1, 0.15) is 68.9 Å². The van der Waals surface area contributed by atoms with E-state index in [9.17, 15) is 9.59 Å². The summed E-state index contributed by atoms with van der Waals surface area (Å²) in [6.45, 7) is 8.88. The maximum absolute atomic E-state index is 12.3. The summed E-state index contributed by atoms with van der Waals surface area (Å²) in [5, 5.41) is 11.3. The molecule has 0 spiro atoms. The van der Waals surface area contributed by atoms with E-state index in [1.54, 1.807) is 17.2 Å². The molecule has 0 saturated heterocycles. The fraction of sp³-hybridized carbons (Fsp3) is 0.667. The van der Waals surface area contributed by atoms with Crippen molar-refractivity contribution in [2.45, 2.75) is 64.5 Å². The molecule has 0 atom stereocenters. The Hall–Kier alpha value is -2.18.